The Kier molecular flexibility index (Phi) is 4.85. The van der Waals surface area contributed by atoms with Crippen LogP contribution in [0.15, 0.2) is 40.8 Å². The van der Waals surface area contributed by atoms with E-state index >= 15 is 0 Å². The number of carbonyl (C=O) groups excluding carboxylic acids is 1. The molecule has 1 aliphatic heterocycles. The number of rotatable bonds is 3. The molecule has 1 amide bonds. The smallest absolute Gasteiger partial charge is 0.417 e. The molecule has 1 atom stereocenters. The summed E-state index contributed by atoms with van der Waals surface area (Å²) in [4.78, 5) is 14.6. The summed E-state index contributed by atoms with van der Waals surface area (Å²) >= 11 is 0. The minimum Gasteiger partial charge on any atom is -0.417 e. The van der Waals surface area contributed by atoms with Crippen LogP contribution in [0.1, 0.15) is 41.0 Å². The van der Waals surface area contributed by atoms with Crippen LogP contribution in [0.3, 0.4) is 0 Å². The summed E-state index contributed by atoms with van der Waals surface area (Å²) in [5.41, 5.74) is 1.98. The van der Waals surface area contributed by atoms with Gasteiger partial charge in [-0.1, -0.05) is 30.3 Å². The molecule has 0 spiro atoms. The van der Waals surface area contributed by atoms with E-state index in [0.29, 0.717) is 30.8 Å². The van der Waals surface area contributed by atoms with Crippen LogP contribution < -0.4 is 0 Å². The summed E-state index contributed by atoms with van der Waals surface area (Å²) in [6.45, 7) is 0.714. The predicted molar refractivity (Wildman–Crippen MR) is 95.8 cm³/mol. The number of hydrogen-bond acceptors (Lipinski definition) is 5. The van der Waals surface area contributed by atoms with Crippen LogP contribution in [-0.4, -0.2) is 43.9 Å². The number of aromatic nitrogens is 4. The molecule has 2 aromatic heterocycles. The Morgan fingerprint density at radius 1 is 1.21 bits per heavy atom. The summed E-state index contributed by atoms with van der Waals surface area (Å²) in [5, 5.41) is 11.0. The quantitative estimate of drug-likeness (QED) is 0.667. The molecule has 1 fully saturated rings. The highest BCUT2D eigenvalue weighted by atomic mass is 19.4. The molecule has 29 heavy (non-hydrogen) atoms. The molecule has 0 aliphatic carbocycles. The molecule has 1 saturated heterocycles. The Morgan fingerprint density at radius 3 is 2.66 bits per heavy atom. The molecule has 7 nitrogen and oxygen atoms in total. The van der Waals surface area contributed by atoms with Gasteiger partial charge in [-0.15, -0.1) is 10.2 Å². The normalized spacial score (nSPS) is 17.5. The van der Waals surface area contributed by atoms with E-state index in [1.165, 1.54) is 4.68 Å². The van der Waals surface area contributed by atoms with Gasteiger partial charge in [-0.2, -0.15) is 18.3 Å². The van der Waals surface area contributed by atoms with E-state index in [9.17, 15) is 18.0 Å². The van der Waals surface area contributed by atoms with Gasteiger partial charge < -0.3 is 9.32 Å². The van der Waals surface area contributed by atoms with E-state index < -0.39 is 18.0 Å². The first-order valence-corrected chi connectivity index (χ1v) is 9.12. The maximum Gasteiger partial charge on any atom is 0.470 e. The summed E-state index contributed by atoms with van der Waals surface area (Å²) in [7, 11) is 1.69. The summed E-state index contributed by atoms with van der Waals surface area (Å²) in [5.74, 6) is -2.12. The lowest BCUT2D eigenvalue weighted by Crippen LogP contribution is -2.40. The molecule has 152 valence electrons. The van der Waals surface area contributed by atoms with Gasteiger partial charge in [0.25, 0.3) is 5.91 Å². The van der Waals surface area contributed by atoms with E-state index in [-0.39, 0.29) is 18.3 Å². The largest absolute Gasteiger partial charge is 0.470 e. The zero-order chi connectivity index (χ0) is 20.6. The monoisotopic (exact) mass is 405 g/mol. The van der Waals surface area contributed by atoms with Gasteiger partial charge in [0.15, 0.2) is 0 Å². The summed E-state index contributed by atoms with van der Waals surface area (Å²) in [6.07, 6.45) is -3.48. The molecular weight excluding hydrogens is 387 g/mol. The Labute approximate surface area is 164 Å². The highest BCUT2D eigenvalue weighted by molar-refractivity contribution is 5.93. The number of nitrogens with zero attached hydrogens (tertiary/aromatic N) is 5. The molecule has 0 bridgehead atoms. The molecule has 1 aromatic carbocycles. The summed E-state index contributed by atoms with van der Waals surface area (Å²) in [6, 6.07) is 11.2. The van der Waals surface area contributed by atoms with Crippen molar-refractivity contribution in [1.29, 1.82) is 0 Å². The Hall–Kier alpha value is -3.17. The third-order valence-electron chi connectivity index (χ3n) is 4.91. The zero-order valence-electron chi connectivity index (χ0n) is 15.6. The van der Waals surface area contributed by atoms with Crippen LogP contribution in [0.5, 0.6) is 0 Å². The van der Waals surface area contributed by atoms with Gasteiger partial charge in [0.2, 0.25) is 5.89 Å². The van der Waals surface area contributed by atoms with Crippen molar-refractivity contribution in [2.45, 2.75) is 24.9 Å². The number of hydrogen-bond donors (Lipinski definition) is 0. The van der Waals surface area contributed by atoms with Crippen molar-refractivity contribution in [2.24, 2.45) is 7.05 Å². The standard InChI is InChI=1S/C19H18F3N5O2/c1-26-15(10-14(25-26)12-6-3-2-4-7-12)17(28)27-9-5-8-13(11-27)16-23-24-18(29-16)19(20,21)22/h2-4,6-7,10,13H,5,8-9,11H2,1H3. The fourth-order valence-corrected chi connectivity index (χ4v) is 3.46. The van der Waals surface area contributed by atoms with Crippen molar-refractivity contribution >= 4 is 5.91 Å². The van der Waals surface area contributed by atoms with Gasteiger partial charge in [0.05, 0.1) is 11.6 Å². The third-order valence-corrected chi connectivity index (χ3v) is 4.91. The summed E-state index contributed by atoms with van der Waals surface area (Å²) < 4.78 is 44.5. The van der Waals surface area contributed by atoms with E-state index in [2.05, 4.69) is 15.3 Å². The van der Waals surface area contributed by atoms with Crippen LogP contribution in [0.2, 0.25) is 0 Å². The lowest BCUT2D eigenvalue weighted by molar-refractivity contribution is -0.157. The second-order valence-electron chi connectivity index (χ2n) is 6.94. The molecule has 10 heteroatoms. The minimum atomic E-state index is -4.68. The zero-order valence-corrected chi connectivity index (χ0v) is 15.6. The van der Waals surface area contributed by atoms with Crippen molar-refractivity contribution in [1.82, 2.24) is 24.9 Å². The van der Waals surface area contributed by atoms with Crippen LogP contribution in [0.4, 0.5) is 13.2 Å². The molecule has 0 N–H and O–H groups in total. The minimum absolute atomic E-state index is 0.0928. The Morgan fingerprint density at radius 2 is 1.97 bits per heavy atom. The first kappa shape index (κ1) is 19.2. The van der Waals surface area contributed by atoms with Gasteiger partial charge in [-0.3, -0.25) is 9.48 Å². The molecule has 4 rings (SSSR count). The maximum absolute atomic E-state index is 13.0. The van der Waals surface area contributed by atoms with Crippen LogP contribution in [0, 0.1) is 0 Å². The molecule has 1 unspecified atom stereocenters. The van der Waals surface area contributed by atoms with Gasteiger partial charge >= 0.3 is 12.1 Å². The van der Waals surface area contributed by atoms with Crippen LogP contribution >= 0.6 is 0 Å². The molecule has 3 heterocycles. The molecule has 0 radical (unpaired) electrons. The van der Waals surface area contributed by atoms with Gasteiger partial charge in [-0.25, -0.2) is 0 Å². The van der Waals surface area contributed by atoms with Crippen molar-refractivity contribution in [3.05, 3.63) is 53.9 Å². The topological polar surface area (TPSA) is 77.1 Å². The third kappa shape index (κ3) is 3.87. The second-order valence-corrected chi connectivity index (χ2v) is 6.94. The van der Waals surface area contributed by atoms with Crippen LogP contribution in [0.25, 0.3) is 11.3 Å². The number of benzene rings is 1. The molecular formula is C19H18F3N5O2. The first-order valence-electron chi connectivity index (χ1n) is 9.12. The Balaban J connectivity index is 1.52. The Bertz CT molecular complexity index is 1010. The van der Waals surface area contributed by atoms with Crippen LogP contribution in [-0.2, 0) is 13.2 Å². The fraction of sp³-hybridized carbons (Fsp3) is 0.368. The van der Waals surface area contributed by atoms with Crippen molar-refractivity contribution in [3.63, 3.8) is 0 Å². The van der Waals surface area contributed by atoms with Crippen molar-refractivity contribution in [3.8, 4) is 11.3 Å². The van der Waals surface area contributed by atoms with Gasteiger partial charge in [0, 0.05) is 25.7 Å². The molecule has 0 saturated carbocycles. The van der Waals surface area contributed by atoms with Crippen molar-refractivity contribution < 1.29 is 22.4 Å². The molecule has 1 aliphatic rings. The average Bonchev–Trinajstić information content (AvgIpc) is 3.35. The van der Waals surface area contributed by atoms with Gasteiger partial charge in [-0.05, 0) is 18.9 Å². The number of carbonyl (C=O) groups is 1. The lowest BCUT2D eigenvalue weighted by Gasteiger charge is -2.31. The number of likely N-dealkylation sites (tertiary alicyclic amines) is 1. The molecule has 3 aromatic rings. The number of alkyl halides is 3. The predicted octanol–water partition coefficient (Wildman–Crippen LogP) is 3.51. The first-order chi connectivity index (χ1) is 13.8. The van der Waals surface area contributed by atoms with E-state index in [1.54, 1.807) is 18.0 Å². The maximum atomic E-state index is 13.0. The highest BCUT2D eigenvalue weighted by Gasteiger charge is 2.39. The fourth-order valence-electron chi connectivity index (χ4n) is 3.46. The van der Waals surface area contributed by atoms with E-state index in [0.717, 1.165) is 5.56 Å². The van der Waals surface area contributed by atoms with E-state index in [1.807, 2.05) is 30.3 Å². The van der Waals surface area contributed by atoms with Crippen molar-refractivity contribution in [2.75, 3.05) is 13.1 Å². The average molecular weight is 405 g/mol. The second kappa shape index (κ2) is 7.34. The van der Waals surface area contributed by atoms with Gasteiger partial charge in [0.1, 0.15) is 5.69 Å². The number of aryl methyl sites for hydroxylation is 1. The number of halogens is 3. The number of amides is 1. The highest BCUT2D eigenvalue weighted by Crippen LogP contribution is 2.32. The number of piperidine rings is 1. The lowest BCUT2D eigenvalue weighted by atomic mass is 9.97. The SMILES string of the molecule is Cn1nc(-c2ccccc2)cc1C(=O)N1CCCC(c2nnc(C(F)(F)F)o2)C1. The van der Waals surface area contributed by atoms with E-state index in [4.69, 9.17) is 4.42 Å².